The first kappa shape index (κ1) is 17.8. The van der Waals surface area contributed by atoms with E-state index in [2.05, 4.69) is 20.4 Å². The number of carbonyl (C=O) groups is 1. The van der Waals surface area contributed by atoms with Gasteiger partial charge in [0.2, 0.25) is 0 Å². The molecule has 1 fully saturated rings. The van der Waals surface area contributed by atoms with Crippen molar-refractivity contribution in [3.8, 4) is 0 Å². The van der Waals surface area contributed by atoms with E-state index in [1.54, 1.807) is 18.3 Å². The van der Waals surface area contributed by atoms with Crippen LogP contribution >= 0.6 is 0 Å². The van der Waals surface area contributed by atoms with Crippen molar-refractivity contribution in [2.45, 2.75) is 25.9 Å². The Morgan fingerprint density at radius 1 is 1.30 bits per heavy atom. The largest absolute Gasteiger partial charge is 0.381 e. The predicted molar refractivity (Wildman–Crippen MR) is 100 cm³/mol. The van der Waals surface area contributed by atoms with Gasteiger partial charge in [-0.15, -0.1) is 5.10 Å². The molecule has 0 radical (unpaired) electrons. The highest BCUT2D eigenvalue weighted by molar-refractivity contribution is 6.05. The van der Waals surface area contributed by atoms with Crippen LogP contribution in [0.4, 0.5) is 11.6 Å². The average molecular weight is 369 g/mol. The molecular formula is C19H23N5O3. The number of nitrogens with one attached hydrogen (secondary N) is 1. The Morgan fingerprint density at radius 2 is 2.19 bits per heavy atom. The summed E-state index contributed by atoms with van der Waals surface area (Å²) in [4.78, 5) is 20.1. The molecule has 4 heterocycles. The fraction of sp³-hybridized carbons (Fsp3) is 0.474. The quantitative estimate of drug-likeness (QED) is 0.876. The van der Waals surface area contributed by atoms with Crippen LogP contribution in [0, 0.1) is 0 Å². The number of amides is 1. The van der Waals surface area contributed by atoms with Gasteiger partial charge in [0.25, 0.3) is 5.91 Å². The maximum atomic E-state index is 13.0. The molecule has 2 aliphatic rings. The van der Waals surface area contributed by atoms with Crippen molar-refractivity contribution in [2.24, 2.45) is 0 Å². The van der Waals surface area contributed by atoms with Crippen LogP contribution in [0.5, 0.6) is 0 Å². The molecule has 8 heteroatoms. The van der Waals surface area contributed by atoms with E-state index in [4.69, 9.17) is 14.5 Å². The molecule has 1 amide bonds. The topological polar surface area (TPSA) is 89.5 Å². The minimum Gasteiger partial charge on any atom is -0.381 e. The van der Waals surface area contributed by atoms with Gasteiger partial charge < -0.3 is 19.7 Å². The fourth-order valence-corrected chi connectivity index (χ4v) is 3.48. The number of pyridine rings is 1. The minimum atomic E-state index is -0.196. The van der Waals surface area contributed by atoms with Crippen LogP contribution in [0.3, 0.4) is 0 Å². The summed E-state index contributed by atoms with van der Waals surface area (Å²) < 4.78 is 11.2. The number of carbonyl (C=O) groups excluding carboxylic acids is 1. The number of ether oxygens (including phenoxy) is 2. The van der Waals surface area contributed by atoms with E-state index in [-0.39, 0.29) is 12.0 Å². The Hall–Kier alpha value is -2.58. The van der Waals surface area contributed by atoms with Crippen LogP contribution in [-0.4, -0.2) is 60.1 Å². The third kappa shape index (κ3) is 4.06. The smallest absolute Gasteiger partial charge is 0.257 e. The molecule has 1 unspecified atom stereocenters. The number of anilines is 2. The van der Waals surface area contributed by atoms with Crippen molar-refractivity contribution in [3.05, 3.63) is 41.2 Å². The summed E-state index contributed by atoms with van der Waals surface area (Å²) in [5.41, 5.74) is 2.53. The van der Waals surface area contributed by atoms with Crippen LogP contribution in [0.15, 0.2) is 24.4 Å². The van der Waals surface area contributed by atoms with E-state index >= 15 is 0 Å². The summed E-state index contributed by atoms with van der Waals surface area (Å²) >= 11 is 0. The number of morpholine rings is 1. The summed E-state index contributed by atoms with van der Waals surface area (Å²) in [6.45, 7) is 5.43. The average Bonchev–Trinajstić information content (AvgIpc) is 2.93. The van der Waals surface area contributed by atoms with Crippen LogP contribution in [0.1, 0.15) is 28.5 Å². The van der Waals surface area contributed by atoms with Gasteiger partial charge >= 0.3 is 0 Å². The highest BCUT2D eigenvalue weighted by atomic mass is 16.5. The lowest BCUT2D eigenvalue weighted by molar-refractivity contribution is 0.0529. The van der Waals surface area contributed by atoms with Crippen molar-refractivity contribution < 1.29 is 14.3 Å². The first-order valence-corrected chi connectivity index (χ1v) is 9.27. The molecule has 1 N–H and O–H groups in total. The molecule has 0 spiro atoms. The molecular weight excluding hydrogens is 346 g/mol. The Balaban J connectivity index is 1.69. The van der Waals surface area contributed by atoms with E-state index in [1.807, 2.05) is 13.0 Å². The molecule has 2 aromatic rings. The maximum Gasteiger partial charge on any atom is 0.257 e. The molecule has 27 heavy (non-hydrogen) atoms. The zero-order chi connectivity index (χ0) is 18.6. The van der Waals surface area contributed by atoms with Gasteiger partial charge in [-0.25, -0.2) is 4.98 Å². The lowest BCUT2D eigenvalue weighted by Gasteiger charge is -2.32. The number of nitrogens with zero attached hydrogens (tertiary/aromatic N) is 4. The van der Waals surface area contributed by atoms with Crippen molar-refractivity contribution >= 4 is 17.5 Å². The number of fused-ring (bicyclic) bond motifs is 1. The number of hydrogen-bond acceptors (Lipinski definition) is 7. The van der Waals surface area contributed by atoms with Crippen LogP contribution in [-0.2, 0) is 22.3 Å². The maximum absolute atomic E-state index is 13.0. The summed E-state index contributed by atoms with van der Waals surface area (Å²) in [6.07, 6.45) is 3.09. The standard InChI is InChI=1S/C19H23N5O3/c1-13-12-24(7-10-27-13)18-11-15(14-4-8-26-9-5-16(14)21-18)19(25)22-17-3-2-6-20-23-17/h2-3,6,11,13H,4-5,7-10,12H2,1H3,(H,22,23,25). The van der Waals surface area contributed by atoms with Gasteiger partial charge in [0.1, 0.15) is 5.82 Å². The lowest BCUT2D eigenvalue weighted by atomic mass is 10.0. The van der Waals surface area contributed by atoms with Crippen LogP contribution in [0.2, 0.25) is 0 Å². The van der Waals surface area contributed by atoms with E-state index in [9.17, 15) is 4.79 Å². The second-order valence-electron chi connectivity index (χ2n) is 6.76. The van der Waals surface area contributed by atoms with E-state index in [0.717, 1.165) is 30.2 Å². The van der Waals surface area contributed by atoms with E-state index in [0.29, 0.717) is 44.0 Å². The first-order valence-electron chi connectivity index (χ1n) is 9.27. The molecule has 0 saturated carbocycles. The van der Waals surface area contributed by atoms with Gasteiger partial charge in [-0.3, -0.25) is 4.79 Å². The minimum absolute atomic E-state index is 0.138. The zero-order valence-corrected chi connectivity index (χ0v) is 15.4. The second kappa shape index (κ2) is 7.98. The van der Waals surface area contributed by atoms with Gasteiger partial charge in [-0.1, -0.05) is 0 Å². The van der Waals surface area contributed by atoms with Gasteiger partial charge in [0.05, 0.1) is 25.9 Å². The normalized spacial score (nSPS) is 19.9. The molecule has 1 saturated heterocycles. The molecule has 142 valence electrons. The van der Waals surface area contributed by atoms with Gasteiger partial charge in [0, 0.05) is 37.0 Å². The van der Waals surface area contributed by atoms with E-state index in [1.165, 1.54) is 0 Å². The van der Waals surface area contributed by atoms with E-state index < -0.39 is 0 Å². The third-order valence-electron chi connectivity index (χ3n) is 4.80. The Bertz CT molecular complexity index is 814. The second-order valence-corrected chi connectivity index (χ2v) is 6.76. The Kier molecular flexibility index (Phi) is 5.26. The highest BCUT2D eigenvalue weighted by Crippen LogP contribution is 2.25. The predicted octanol–water partition coefficient (Wildman–Crippen LogP) is 1.46. The molecule has 1 atom stereocenters. The van der Waals surface area contributed by atoms with Crippen molar-refractivity contribution in [1.29, 1.82) is 0 Å². The summed E-state index contributed by atoms with van der Waals surface area (Å²) in [5.74, 6) is 1.05. The van der Waals surface area contributed by atoms with Gasteiger partial charge in [-0.05, 0) is 37.1 Å². The zero-order valence-electron chi connectivity index (χ0n) is 15.4. The summed E-state index contributed by atoms with van der Waals surface area (Å²) in [7, 11) is 0. The molecule has 0 aliphatic carbocycles. The summed E-state index contributed by atoms with van der Waals surface area (Å²) in [6, 6.07) is 5.34. The molecule has 4 rings (SSSR count). The van der Waals surface area contributed by atoms with Gasteiger partial charge in [0.15, 0.2) is 5.82 Å². The van der Waals surface area contributed by atoms with Crippen molar-refractivity contribution in [2.75, 3.05) is 43.1 Å². The summed E-state index contributed by atoms with van der Waals surface area (Å²) in [5, 5.41) is 10.6. The molecule has 0 aromatic carbocycles. The first-order chi connectivity index (χ1) is 13.2. The third-order valence-corrected chi connectivity index (χ3v) is 4.80. The van der Waals surface area contributed by atoms with Gasteiger partial charge in [-0.2, -0.15) is 5.10 Å². The Morgan fingerprint density at radius 3 is 3.00 bits per heavy atom. The van der Waals surface area contributed by atoms with Crippen LogP contribution < -0.4 is 10.2 Å². The number of rotatable bonds is 3. The molecule has 0 bridgehead atoms. The SMILES string of the molecule is CC1CN(c2cc(C(=O)Nc3cccnn3)c3c(n2)CCOCC3)CCO1. The van der Waals surface area contributed by atoms with Crippen molar-refractivity contribution in [3.63, 3.8) is 0 Å². The van der Waals surface area contributed by atoms with Crippen LogP contribution in [0.25, 0.3) is 0 Å². The lowest BCUT2D eigenvalue weighted by Crippen LogP contribution is -2.41. The number of aromatic nitrogens is 3. The Labute approximate surface area is 157 Å². The fourth-order valence-electron chi connectivity index (χ4n) is 3.48. The van der Waals surface area contributed by atoms with Crippen molar-refractivity contribution in [1.82, 2.24) is 15.2 Å². The molecule has 2 aromatic heterocycles. The highest BCUT2D eigenvalue weighted by Gasteiger charge is 2.24. The molecule has 8 nitrogen and oxygen atoms in total. The monoisotopic (exact) mass is 369 g/mol. The molecule has 2 aliphatic heterocycles. The number of hydrogen-bond donors (Lipinski definition) is 1.